The molecule has 0 spiro atoms. The van der Waals surface area contributed by atoms with Gasteiger partial charge in [-0.1, -0.05) is 157 Å². The van der Waals surface area contributed by atoms with Gasteiger partial charge in [-0.3, -0.25) is 19.2 Å². The molecule has 3 aromatic rings. The van der Waals surface area contributed by atoms with Gasteiger partial charge in [0.15, 0.2) is 0 Å². The Hall–Kier alpha value is -4.95. The van der Waals surface area contributed by atoms with Crippen molar-refractivity contribution < 1.29 is 90.3 Å². The zero-order valence-corrected chi connectivity index (χ0v) is 59.3. The summed E-state index contributed by atoms with van der Waals surface area (Å²) < 4.78 is 20.5. The van der Waals surface area contributed by atoms with Gasteiger partial charge >= 0.3 is 29.5 Å². The molecule has 2 amide bonds. The SMILES string of the molecule is CC(C)C(=O)Oc1ccc(-c2ccc(OC(=O)C(C)C)cc2)cc1.CCC1C(C)CC(C)C1C.CNC(=O)C(OC=O)(C([NH-])=O)C(=O)O.Cc1cc(C)cc(C(=O)OC2CCC3(C)C(CCC4C3CCC3(C)C(C(C)CCCC(C)C)CCC43)C2)c1.[CH3-].[Y]. The molecule has 8 rings (SSSR count). The van der Waals surface area contributed by atoms with Crippen molar-refractivity contribution in [1.82, 2.24) is 5.32 Å². The molecule has 0 saturated heterocycles. The number of benzene rings is 3. The average Bonchev–Trinajstić information content (AvgIpc) is 1.35. The van der Waals surface area contributed by atoms with E-state index in [0.717, 1.165) is 107 Å². The molecule has 0 aromatic heterocycles. The number of hydrogen-bond donors (Lipinski definition) is 2. The summed E-state index contributed by atoms with van der Waals surface area (Å²) in [6.07, 6.45) is 19.1. The van der Waals surface area contributed by atoms with Gasteiger partial charge in [-0.15, -0.1) is 0 Å². The van der Waals surface area contributed by atoms with Crippen LogP contribution in [0, 0.1) is 109 Å². The van der Waals surface area contributed by atoms with Crippen molar-refractivity contribution in [2.24, 2.45) is 87.8 Å². The first-order valence-electron chi connectivity index (χ1n) is 32.2. The molecule has 14 unspecified atom stereocenters. The third-order valence-electron chi connectivity index (χ3n) is 20.9. The minimum absolute atomic E-state index is 0. The monoisotopic (exact) mass is 1290 g/mol. The topological polar surface area (TPSA) is 212 Å². The summed E-state index contributed by atoms with van der Waals surface area (Å²) >= 11 is 0. The second-order valence-electron chi connectivity index (χ2n) is 27.8. The molecule has 0 bridgehead atoms. The zero-order valence-electron chi connectivity index (χ0n) is 56.4. The first-order chi connectivity index (χ1) is 40.5. The van der Waals surface area contributed by atoms with Crippen LogP contribution in [-0.2, 0) is 71.0 Å². The summed E-state index contributed by atoms with van der Waals surface area (Å²) in [5.74, 6) is 4.92. The summed E-state index contributed by atoms with van der Waals surface area (Å²) in [4.78, 5) is 78.3. The molecule has 14 atom stereocenters. The average molecular weight is 1290 g/mol. The molecule has 5 aliphatic carbocycles. The van der Waals surface area contributed by atoms with Gasteiger partial charge in [-0.25, -0.2) is 9.59 Å². The molecular formula is C73H108N2O12Y-2. The summed E-state index contributed by atoms with van der Waals surface area (Å²) in [6.45, 7) is 33.2. The Labute approximate surface area is 553 Å². The van der Waals surface area contributed by atoms with Crippen molar-refractivity contribution in [3.8, 4) is 22.6 Å². The van der Waals surface area contributed by atoms with Crippen LogP contribution >= 0.6 is 0 Å². The zero-order chi connectivity index (χ0) is 64.0. The maximum atomic E-state index is 13.0. The molecule has 1 radical (unpaired) electrons. The Bertz CT molecular complexity index is 2660. The Morgan fingerprint density at radius 3 is 1.67 bits per heavy atom. The van der Waals surface area contributed by atoms with Crippen LogP contribution in [-0.4, -0.2) is 66.0 Å². The molecular weight excluding hydrogens is 1190 g/mol. The van der Waals surface area contributed by atoms with Crippen molar-refractivity contribution in [2.45, 2.75) is 205 Å². The summed E-state index contributed by atoms with van der Waals surface area (Å²) in [6, 6.07) is 20.7. The number of carbonyl (C=O) groups excluding carboxylic acids is 6. The normalized spacial score (nSPS) is 27.5. The van der Waals surface area contributed by atoms with Crippen LogP contribution in [0.5, 0.6) is 11.5 Å². The molecule has 5 fully saturated rings. The fraction of sp³-hybridized carbons (Fsp3) is 0.644. The summed E-state index contributed by atoms with van der Waals surface area (Å²) in [5.41, 5.74) is 9.44. The molecule has 15 heteroatoms. The fourth-order valence-electron chi connectivity index (χ4n) is 16.0. The minimum Gasteiger partial charge on any atom is -0.663 e. The largest absolute Gasteiger partial charge is 0.663 e. The minimum atomic E-state index is -3.11. The number of esters is 3. The van der Waals surface area contributed by atoms with Crippen LogP contribution < -0.4 is 14.8 Å². The van der Waals surface area contributed by atoms with Gasteiger partial charge < -0.3 is 47.3 Å². The van der Waals surface area contributed by atoms with Gasteiger partial charge in [-0.05, 0) is 202 Å². The molecule has 3 aromatic carbocycles. The Morgan fingerprint density at radius 1 is 0.716 bits per heavy atom. The molecule has 487 valence electrons. The Balaban J connectivity index is 0.000000345. The van der Waals surface area contributed by atoms with Gasteiger partial charge in [0.25, 0.3) is 12.4 Å². The van der Waals surface area contributed by atoms with E-state index >= 15 is 0 Å². The maximum Gasteiger partial charge on any atom is 0.364 e. The molecule has 0 heterocycles. The molecule has 88 heavy (non-hydrogen) atoms. The van der Waals surface area contributed by atoms with Crippen LogP contribution in [0.1, 0.15) is 201 Å². The number of carboxylic acids is 1. The van der Waals surface area contributed by atoms with E-state index in [1.807, 2.05) is 41.7 Å². The fourth-order valence-corrected chi connectivity index (χ4v) is 16.0. The maximum absolute atomic E-state index is 13.0. The standard InChI is InChI=1S/C36H56O2.C20H22O4.C10H20.C6H8N2O6.CH3.Y/c1-23(2)9-8-10-26(5)31-13-14-32-30-12-11-28-22-29(38-34(37)27-20-24(3)19-25(4)21-27)15-17-35(28,6)33(30)16-18-36(31,32)7;1-13(2)19(21)23-17-9-5-15(6-10-17)16-7-11-18(12-8-16)24-20(22)14(3)4;1-5-10-8(3)6-7(2)9(10)4;1-8-4(11)6(3(7)10,5(12)13)14-2-9;;/h19-21,23,26,28-33H,8-18,22H2,1-7H3;5-14H,1-4H3;7-10H,5-6H2,1-4H3;2H,1H3,(H4,7,8,10,11,12,13);1H3;/q;;;;-1;/p-1. The third-order valence-corrected chi connectivity index (χ3v) is 20.9. The predicted molar refractivity (Wildman–Crippen MR) is 344 cm³/mol. The Kier molecular flexibility index (Phi) is 30.3. The number of carboxylic acid groups (broad SMARTS) is 1. The van der Waals surface area contributed by atoms with Gasteiger partial charge in [0.2, 0.25) is 0 Å². The molecule has 5 saturated carbocycles. The molecule has 14 nitrogen and oxygen atoms in total. The first kappa shape index (κ1) is 77.3. The van der Waals surface area contributed by atoms with Crippen molar-refractivity contribution in [3.05, 3.63) is 96.6 Å². The van der Waals surface area contributed by atoms with E-state index in [4.69, 9.17) is 25.1 Å². The van der Waals surface area contributed by atoms with E-state index in [9.17, 15) is 33.6 Å². The first-order valence-corrected chi connectivity index (χ1v) is 32.2. The number of aliphatic carboxylic acids is 1. The van der Waals surface area contributed by atoms with Gasteiger partial charge in [0.05, 0.1) is 17.4 Å². The van der Waals surface area contributed by atoms with E-state index in [-0.39, 0.29) is 82.5 Å². The van der Waals surface area contributed by atoms with E-state index in [0.29, 0.717) is 28.2 Å². The van der Waals surface area contributed by atoms with Crippen LogP contribution in [0.4, 0.5) is 0 Å². The van der Waals surface area contributed by atoms with Gasteiger partial charge in [-0.2, -0.15) is 0 Å². The number of likely N-dealkylation sites (N-methyl/N-ethyl adjacent to an activating group) is 1. The number of fused-ring (bicyclic) bond motifs is 5. The van der Waals surface area contributed by atoms with E-state index in [1.54, 1.807) is 52.0 Å². The number of carbonyl (C=O) groups is 7. The van der Waals surface area contributed by atoms with Crippen LogP contribution in [0.3, 0.4) is 0 Å². The van der Waals surface area contributed by atoms with E-state index in [1.165, 1.54) is 77.0 Å². The van der Waals surface area contributed by atoms with E-state index < -0.39 is 23.4 Å². The number of amides is 2. The number of nitrogens with one attached hydrogen (secondary N) is 2. The smallest absolute Gasteiger partial charge is 0.364 e. The Morgan fingerprint density at radius 2 is 1.24 bits per heavy atom. The quantitative estimate of drug-likeness (QED) is 0.0400. The third kappa shape index (κ3) is 19.1. The van der Waals surface area contributed by atoms with Crippen LogP contribution in [0.2, 0.25) is 0 Å². The number of hydrogen-bond acceptors (Lipinski definition) is 11. The van der Waals surface area contributed by atoms with Crippen molar-refractivity contribution in [1.29, 1.82) is 0 Å². The second kappa shape index (κ2) is 34.5. The van der Waals surface area contributed by atoms with Gasteiger partial charge in [0.1, 0.15) is 23.5 Å². The summed E-state index contributed by atoms with van der Waals surface area (Å²) in [7, 11) is 1.04. The van der Waals surface area contributed by atoms with Crippen molar-refractivity contribution in [3.63, 3.8) is 0 Å². The van der Waals surface area contributed by atoms with Crippen LogP contribution in [0.15, 0.2) is 66.7 Å². The molecule has 0 aliphatic heterocycles. The second-order valence-corrected chi connectivity index (χ2v) is 27.8. The molecule has 3 N–H and O–H groups in total. The van der Waals surface area contributed by atoms with E-state index in [2.05, 4.69) is 87.0 Å². The van der Waals surface area contributed by atoms with Crippen molar-refractivity contribution in [2.75, 3.05) is 7.05 Å². The predicted octanol–water partition coefficient (Wildman–Crippen LogP) is 16.5. The number of rotatable bonds is 18. The van der Waals surface area contributed by atoms with Crippen molar-refractivity contribution >= 4 is 42.2 Å². The van der Waals surface area contributed by atoms with Crippen LogP contribution in [0.25, 0.3) is 16.9 Å². The van der Waals surface area contributed by atoms with Gasteiger partial charge in [0, 0.05) is 39.8 Å². The molecule has 5 aliphatic rings. The summed E-state index contributed by atoms with van der Waals surface area (Å²) in [5, 5.41) is 10.4. The number of ether oxygens (including phenoxy) is 4. The number of aryl methyl sites for hydroxylation is 2.